The molecule has 1 heterocycles. The minimum absolute atomic E-state index is 0.154. The first-order valence-corrected chi connectivity index (χ1v) is 10.9. The lowest BCUT2D eigenvalue weighted by Crippen LogP contribution is -2.45. The number of sulfonamides is 1. The van der Waals surface area contributed by atoms with Crippen molar-refractivity contribution in [1.82, 2.24) is 9.62 Å². The minimum atomic E-state index is -3.60. The van der Waals surface area contributed by atoms with E-state index in [-0.39, 0.29) is 23.3 Å². The standard InChI is InChI=1S/C21H26N2O4S/c1-27-20-13-6-5-9-17(20)16-22-21(24)15-18-10-7-8-14-23(18)28(25,26)19-11-3-2-4-12-19/h2-6,9,11-13,18H,7-8,10,14-16H2,1H3,(H,22,24)/t18-/m0/s1. The Labute approximate surface area is 166 Å². The molecule has 1 amide bonds. The van der Waals surface area contributed by atoms with Gasteiger partial charge in [-0.25, -0.2) is 8.42 Å². The number of hydrogen-bond acceptors (Lipinski definition) is 4. The molecular formula is C21H26N2O4S. The molecule has 0 radical (unpaired) electrons. The molecule has 1 aliphatic heterocycles. The zero-order valence-corrected chi connectivity index (χ0v) is 16.8. The summed E-state index contributed by atoms with van der Waals surface area (Å²) in [5, 5.41) is 2.89. The molecule has 3 rings (SSSR count). The highest BCUT2D eigenvalue weighted by Crippen LogP contribution is 2.27. The van der Waals surface area contributed by atoms with Gasteiger partial charge >= 0.3 is 0 Å². The van der Waals surface area contributed by atoms with Crippen molar-refractivity contribution >= 4 is 15.9 Å². The van der Waals surface area contributed by atoms with Crippen LogP contribution >= 0.6 is 0 Å². The SMILES string of the molecule is COc1ccccc1CNC(=O)C[C@@H]1CCCCN1S(=O)(=O)c1ccccc1. The Balaban J connectivity index is 1.67. The monoisotopic (exact) mass is 402 g/mol. The van der Waals surface area contributed by atoms with Crippen molar-refractivity contribution in [3.8, 4) is 5.75 Å². The largest absolute Gasteiger partial charge is 0.496 e. The van der Waals surface area contributed by atoms with Gasteiger partial charge in [-0.1, -0.05) is 42.8 Å². The van der Waals surface area contributed by atoms with Crippen LogP contribution in [0.4, 0.5) is 0 Å². The molecule has 2 aromatic rings. The van der Waals surface area contributed by atoms with E-state index in [4.69, 9.17) is 4.74 Å². The summed E-state index contributed by atoms with van der Waals surface area (Å²) < 4.78 is 32.8. The number of methoxy groups -OCH3 is 1. The van der Waals surface area contributed by atoms with Crippen molar-refractivity contribution < 1.29 is 17.9 Å². The van der Waals surface area contributed by atoms with E-state index in [9.17, 15) is 13.2 Å². The first-order chi connectivity index (χ1) is 13.5. The summed E-state index contributed by atoms with van der Waals surface area (Å²) in [5.74, 6) is 0.555. The molecule has 28 heavy (non-hydrogen) atoms. The number of hydrogen-bond donors (Lipinski definition) is 1. The fraction of sp³-hybridized carbons (Fsp3) is 0.381. The second-order valence-electron chi connectivity index (χ2n) is 6.87. The Kier molecular flexibility index (Phi) is 6.70. The van der Waals surface area contributed by atoms with Crippen LogP contribution in [0.15, 0.2) is 59.5 Å². The van der Waals surface area contributed by atoms with E-state index in [1.807, 2.05) is 24.3 Å². The lowest BCUT2D eigenvalue weighted by molar-refractivity contribution is -0.122. The van der Waals surface area contributed by atoms with Gasteiger partial charge in [-0.2, -0.15) is 4.31 Å². The zero-order valence-electron chi connectivity index (χ0n) is 16.0. The third-order valence-electron chi connectivity index (χ3n) is 5.01. The molecule has 1 fully saturated rings. The van der Waals surface area contributed by atoms with Crippen LogP contribution < -0.4 is 10.1 Å². The molecule has 0 aromatic heterocycles. The number of ether oxygens (including phenoxy) is 1. The van der Waals surface area contributed by atoms with E-state index in [1.54, 1.807) is 37.4 Å². The van der Waals surface area contributed by atoms with Crippen molar-refractivity contribution in [2.24, 2.45) is 0 Å². The first kappa shape index (κ1) is 20.4. The van der Waals surface area contributed by atoms with Gasteiger partial charge in [-0.3, -0.25) is 4.79 Å². The number of carbonyl (C=O) groups excluding carboxylic acids is 1. The van der Waals surface area contributed by atoms with Crippen molar-refractivity contribution in [3.63, 3.8) is 0 Å². The molecule has 1 N–H and O–H groups in total. The smallest absolute Gasteiger partial charge is 0.243 e. The maximum atomic E-state index is 13.0. The number of nitrogens with one attached hydrogen (secondary N) is 1. The second kappa shape index (κ2) is 9.21. The van der Waals surface area contributed by atoms with Crippen LogP contribution in [0.2, 0.25) is 0 Å². The molecule has 7 heteroatoms. The van der Waals surface area contributed by atoms with Crippen LogP contribution in [0.5, 0.6) is 5.75 Å². The molecule has 0 bridgehead atoms. The van der Waals surface area contributed by atoms with E-state index in [1.165, 1.54) is 4.31 Å². The van der Waals surface area contributed by atoms with Gasteiger partial charge in [0.05, 0.1) is 12.0 Å². The number of amides is 1. The third kappa shape index (κ3) is 4.72. The van der Waals surface area contributed by atoms with Gasteiger partial charge < -0.3 is 10.1 Å². The number of piperidine rings is 1. The predicted octanol–water partition coefficient (Wildman–Crippen LogP) is 2.94. The molecule has 0 aliphatic carbocycles. The van der Waals surface area contributed by atoms with E-state index in [0.717, 1.165) is 18.4 Å². The number of rotatable bonds is 7. The Morgan fingerprint density at radius 2 is 1.82 bits per heavy atom. The molecule has 0 unspecified atom stereocenters. The maximum Gasteiger partial charge on any atom is 0.243 e. The van der Waals surface area contributed by atoms with Gasteiger partial charge in [0.15, 0.2) is 0 Å². The predicted molar refractivity (Wildman–Crippen MR) is 107 cm³/mol. The Morgan fingerprint density at radius 1 is 1.11 bits per heavy atom. The van der Waals surface area contributed by atoms with Crippen LogP contribution in [0.3, 0.4) is 0 Å². The average molecular weight is 403 g/mol. The summed E-state index contributed by atoms with van der Waals surface area (Å²) in [7, 11) is -2.01. The van der Waals surface area contributed by atoms with E-state index >= 15 is 0 Å². The fourth-order valence-corrected chi connectivity index (χ4v) is 5.27. The summed E-state index contributed by atoms with van der Waals surface area (Å²) >= 11 is 0. The third-order valence-corrected chi connectivity index (χ3v) is 6.98. The van der Waals surface area contributed by atoms with Gasteiger partial charge in [0.1, 0.15) is 5.75 Å². The topological polar surface area (TPSA) is 75.7 Å². The minimum Gasteiger partial charge on any atom is -0.496 e. The molecule has 6 nitrogen and oxygen atoms in total. The van der Waals surface area contributed by atoms with Crippen LogP contribution in [0.1, 0.15) is 31.2 Å². The van der Waals surface area contributed by atoms with E-state index < -0.39 is 10.0 Å². The summed E-state index contributed by atoms with van der Waals surface area (Å²) in [6.45, 7) is 0.794. The van der Waals surface area contributed by atoms with Gasteiger partial charge in [0.2, 0.25) is 15.9 Å². The van der Waals surface area contributed by atoms with Gasteiger partial charge in [-0.15, -0.1) is 0 Å². The first-order valence-electron chi connectivity index (χ1n) is 9.48. The molecule has 1 aliphatic rings. The fourth-order valence-electron chi connectivity index (χ4n) is 3.55. The normalized spacial score (nSPS) is 17.8. The second-order valence-corrected chi connectivity index (χ2v) is 8.76. The Morgan fingerprint density at radius 3 is 2.57 bits per heavy atom. The molecular weight excluding hydrogens is 376 g/mol. The lowest BCUT2D eigenvalue weighted by Gasteiger charge is -2.34. The van der Waals surface area contributed by atoms with Gasteiger partial charge in [-0.05, 0) is 31.0 Å². The van der Waals surface area contributed by atoms with Crippen molar-refractivity contribution in [3.05, 3.63) is 60.2 Å². The zero-order chi connectivity index (χ0) is 20.0. The highest BCUT2D eigenvalue weighted by molar-refractivity contribution is 7.89. The highest BCUT2D eigenvalue weighted by atomic mass is 32.2. The van der Waals surface area contributed by atoms with Crippen LogP contribution in [0.25, 0.3) is 0 Å². The highest BCUT2D eigenvalue weighted by Gasteiger charge is 2.34. The lowest BCUT2D eigenvalue weighted by atomic mass is 10.0. The number of carbonyl (C=O) groups is 1. The number of benzene rings is 2. The molecule has 1 saturated heterocycles. The Hall–Kier alpha value is -2.38. The molecule has 1 atom stereocenters. The summed E-state index contributed by atoms with van der Waals surface area (Å²) in [6, 6.07) is 15.6. The van der Waals surface area contributed by atoms with Gasteiger partial charge in [0, 0.05) is 31.1 Å². The number of nitrogens with zero attached hydrogens (tertiary/aromatic N) is 1. The quantitative estimate of drug-likeness (QED) is 0.773. The average Bonchev–Trinajstić information content (AvgIpc) is 2.73. The van der Waals surface area contributed by atoms with Crippen LogP contribution in [-0.4, -0.2) is 38.3 Å². The van der Waals surface area contributed by atoms with Crippen LogP contribution in [0, 0.1) is 0 Å². The maximum absolute atomic E-state index is 13.0. The van der Waals surface area contributed by atoms with Crippen molar-refractivity contribution in [2.45, 2.75) is 43.2 Å². The summed E-state index contributed by atoms with van der Waals surface area (Å²) in [5.41, 5.74) is 0.885. The molecule has 0 saturated carbocycles. The Bertz CT molecular complexity index is 900. The summed E-state index contributed by atoms with van der Waals surface area (Å²) in [4.78, 5) is 12.8. The molecule has 2 aromatic carbocycles. The van der Waals surface area contributed by atoms with Crippen molar-refractivity contribution in [2.75, 3.05) is 13.7 Å². The number of para-hydroxylation sites is 1. The van der Waals surface area contributed by atoms with E-state index in [2.05, 4.69) is 5.32 Å². The van der Waals surface area contributed by atoms with E-state index in [0.29, 0.717) is 25.3 Å². The summed E-state index contributed by atoms with van der Waals surface area (Å²) in [6.07, 6.45) is 2.58. The van der Waals surface area contributed by atoms with Gasteiger partial charge in [0.25, 0.3) is 0 Å². The van der Waals surface area contributed by atoms with Crippen LogP contribution in [-0.2, 0) is 21.4 Å². The molecule has 150 valence electrons. The van der Waals surface area contributed by atoms with Crippen molar-refractivity contribution in [1.29, 1.82) is 0 Å². The molecule has 0 spiro atoms.